The summed E-state index contributed by atoms with van der Waals surface area (Å²) < 4.78 is 37.0. The molecule has 0 radical (unpaired) electrons. The van der Waals surface area contributed by atoms with Gasteiger partial charge in [0.25, 0.3) is 5.91 Å². The van der Waals surface area contributed by atoms with Crippen LogP contribution in [0.1, 0.15) is 19.5 Å². The van der Waals surface area contributed by atoms with E-state index in [0.717, 1.165) is 0 Å². The van der Waals surface area contributed by atoms with Crippen molar-refractivity contribution in [3.8, 4) is 0 Å². The molecule has 18 heavy (non-hydrogen) atoms. The molecule has 1 N–H and O–H groups in total. The molecule has 0 atom stereocenters. The summed E-state index contributed by atoms with van der Waals surface area (Å²) >= 11 is 0. The van der Waals surface area contributed by atoms with Gasteiger partial charge in [-0.05, 0) is 20.8 Å². The van der Waals surface area contributed by atoms with Crippen LogP contribution in [0.5, 0.6) is 0 Å². The number of carbonyl (C=O) groups excluding carboxylic acids is 1. The van der Waals surface area contributed by atoms with Crippen LogP contribution in [0.4, 0.5) is 13.2 Å². The molecule has 1 rings (SSSR count). The van der Waals surface area contributed by atoms with E-state index < -0.39 is 24.2 Å². The molecular weight excluding hydrogens is 251 g/mol. The van der Waals surface area contributed by atoms with Crippen molar-refractivity contribution in [1.29, 1.82) is 0 Å². The average Bonchev–Trinajstić information content (AvgIpc) is 2.63. The molecule has 0 spiro atoms. The van der Waals surface area contributed by atoms with Crippen LogP contribution in [0, 0.1) is 6.92 Å². The number of hydrogen-bond donors (Lipinski definition) is 1. The lowest BCUT2D eigenvalue weighted by Crippen LogP contribution is -2.44. The summed E-state index contributed by atoms with van der Waals surface area (Å²) in [7, 11) is 0. The standard InChI is InChI=1S/C10H14F3N3O2/c1-7-4-16(6-14-7)9(2,3)8(17)15-18-5-10(11,12)13/h4,6H,5H2,1-3H3,(H,15,17). The number of alkyl halides is 3. The number of hydrogen-bond acceptors (Lipinski definition) is 3. The summed E-state index contributed by atoms with van der Waals surface area (Å²) in [6.45, 7) is 3.29. The molecule has 5 nitrogen and oxygen atoms in total. The average molecular weight is 265 g/mol. The van der Waals surface area contributed by atoms with Gasteiger partial charge in [0.1, 0.15) is 5.54 Å². The molecule has 0 saturated heterocycles. The third-order valence-corrected chi connectivity index (χ3v) is 2.31. The van der Waals surface area contributed by atoms with Gasteiger partial charge in [-0.1, -0.05) is 0 Å². The number of aromatic nitrogens is 2. The highest BCUT2D eigenvalue weighted by molar-refractivity contribution is 5.82. The highest BCUT2D eigenvalue weighted by Crippen LogP contribution is 2.17. The molecule has 0 aliphatic rings. The third-order valence-electron chi connectivity index (χ3n) is 2.31. The largest absolute Gasteiger partial charge is 0.414 e. The number of nitrogens with zero attached hydrogens (tertiary/aromatic N) is 2. The number of rotatable bonds is 4. The lowest BCUT2D eigenvalue weighted by molar-refractivity contribution is -0.193. The van der Waals surface area contributed by atoms with Crippen molar-refractivity contribution in [2.24, 2.45) is 0 Å². The molecule has 0 fully saturated rings. The van der Waals surface area contributed by atoms with Gasteiger partial charge >= 0.3 is 6.18 Å². The molecule has 8 heteroatoms. The maximum atomic E-state index is 11.8. The summed E-state index contributed by atoms with van der Waals surface area (Å²) in [4.78, 5) is 19.8. The van der Waals surface area contributed by atoms with Crippen LogP contribution in [0.25, 0.3) is 0 Å². The van der Waals surface area contributed by atoms with Crippen LogP contribution in [0.3, 0.4) is 0 Å². The first-order valence-corrected chi connectivity index (χ1v) is 5.13. The summed E-state index contributed by atoms with van der Waals surface area (Å²) in [5.41, 5.74) is 1.39. The van der Waals surface area contributed by atoms with Crippen molar-refractivity contribution in [3.63, 3.8) is 0 Å². The Morgan fingerprint density at radius 3 is 2.56 bits per heavy atom. The Bertz CT molecular complexity index is 426. The number of nitrogens with one attached hydrogen (secondary N) is 1. The third kappa shape index (κ3) is 3.73. The Morgan fingerprint density at radius 2 is 2.11 bits per heavy atom. The Labute approximate surface area is 102 Å². The number of hydroxylamine groups is 1. The van der Waals surface area contributed by atoms with E-state index >= 15 is 0 Å². The second-order valence-electron chi connectivity index (χ2n) is 4.32. The van der Waals surface area contributed by atoms with Crippen molar-refractivity contribution in [1.82, 2.24) is 15.0 Å². The van der Waals surface area contributed by atoms with E-state index in [9.17, 15) is 18.0 Å². The highest BCUT2D eigenvalue weighted by atomic mass is 19.4. The van der Waals surface area contributed by atoms with Gasteiger partial charge in [0.2, 0.25) is 0 Å². The highest BCUT2D eigenvalue weighted by Gasteiger charge is 2.32. The summed E-state index contributed by atoms with van der Waals surface area (Å²) in [6.07, 6.45) is -1.44. The number of imidazole rings is 1. The minimum absolute atomic E-state index is 0.691. The van der Waals surface area contributed by atoms with Gasteiger partial charge in [0, 0.05) is 6.20 Å². The second-order valence-corrected chi connectivity index (χ2v) is 4.32. The molecule has 0 aromatic carbocycles. The number of amides is 1. The zero-order valence-electron chi connectivity index (χ0n) is 10.2. The molecule has 0 saturated carbocycles. The zero-order valence-corrected chi connectivity index (χ0v) is 10.2. The normalized spacial score (nSPS) is 12.6. The van der Waals surface area contributed by atoms with E-state index in [2.05, 4.69) is 9.82 Å². The Morgan fingerprint density at radius 1 is 1.50 bits per heavy atom. The molecular formula is C10H14F3N3O2. The minimum atomic E-state index is -4.48. The van der Waals surface area contributed by atoms with Crippen molar-refractivity contribution >= 4 is 5.91 Å². The fraction of sp³-hybridized carbons (Fsp3) is 0.600. The van der Waals surface area contributed by atoms with E-state index in [0.29, 0.717) is 5.69 Å². The van der Waals surface area contributed by atoms with Crippen molar-refractivity contribution < 1.29 is 22.8 Å². The SMILES string of the molecule is Cc1cn(C(C)(C)C(=O)NOCC(F)(F)F)cn1. The smallest absolute Gasteiger partial charge is 0.322 e. The van der Waals surface area contributed by atoms with Gasteiger partial charge in [-0.2, -0.15) is 13.2 Å². The van der Waals surface area contributed by atoms with Gasteiger partial charge in [0.05, 0.1) is 12.0 Å². The maximum absolute atomic E-state index is 11.8. The number of carbonyl (C=O) groups is 1. The summed E-state index contributed by atoms with van der Waals surface area (Å²) in [5, 5.41) is 0. The molecule has 0 unspecified atom stereocenters. The van der Waals surface area contributed by atoms with Gasteiger partial charge in [-0.3, -0.25) is 9.63 Å². The Balaban J connectivity index is 2.60. The zero-order chi connectivity index (χ0) is 14.0. The first-order valence-electron chi connectivity index (χ1n) is 5.13. The molecule has 1 aromatic rings. The van der Waals surface area contributed by atoms with Gasteiger partial charge in [-0.15, -0.1) is 0 Å². The minimum Gasteiger partial charge on any atom is -0.322 e. The number of halogens is 3. The van der Waals surface area contributed by atoms with E-state index in [-0.39, 0.29) is 0 Å². The number of aryl methyl sites for hydroxylation is 1. The molecule has 1 aromatic heterocycles. The Kier molecular flexibility index (Phi) is 4.00. The van der Waals surface area contributed by atoms with Crippen LogP contribution < -0.4 is 5.48 Å². The molecule has 0 bridgehead atoms. The van der Waals surface area contributed by atoms with Crippen LogP contribution in [-0.4, -0.2) is 28.2 Å². The molecule has 1 amide bonds. The maximum Gasteiger partial charge on any atom is 0.414 e. The first-order chi connectivity index (χ1) is 8.13. The van der Waals surface area contributed by atoms with Crippen molar-refractivity contribution in [2.75, 3.05) is 6.61 Å². The molecule has 102 valence electrons. The quantitative estimate of drug-likeness (QED) is 0.840. The predicted molar refractivity (Wildman–Crippen MR) is 56.4 cm³/mol. The van der Waals surface area contributed by atoms with E-state index in [1.54, 1.807) is 32.4 Å². The van der Waals surface area contributed by atoms with E-state index in [1.807, 2.05) is 0 Å². The monoisotopic (exact) mass is 265 g/mol. The second kappa shape index (κ2) is 4.97. The van der Waals surface area contributed by atoms with Crippen LogP contribution in [0.15, 0.2) is 12.5 Å². The topological polar surface area (TPSA) is 56.2 Å². The van der Waals surface area contributed by atoms with Crippen LogP contribution >= 0.6 is 0 Å². The predicted octanol–water partition coefficient (Wildman–Crippen LogP) is 1.54. The lowest BCUT2D eigenvalue weighted by Gasteiger charge is -2.24. The van der Waals surface area contributed by atoms with Crippen LogP contribution in [-0.2, 0) is 15.2 Å². The van der Waals surface area contributed by atoms with Gasteiger partial charge < -0.3 is 4.57 Å². The van der Waals surface area contributed by atoms with Gasteiger partial charge in [-0.25, -0.2) is 10.5 Å². The summed E-state index contributed by atoms with van der Waals surface area (Å²) in [6, 6.07) is 0. The fourth-order valence-corrected chi connectivity index (χ4v) is 1.15. The van der Waals surface area contributed by atoms with Crippen LogP contribution in [0.2, 0.25) is 0 Å². The van der Waals surface area contributed by atoms with E-state index in [1.165, 1.54) is 10.9 Å². The van der Waals surface area contributed by atoms with Crippen molar-refractivity contribution in [2.45, 2.75) is 32.5 Å². The molecule has 0 aliphatic heterocycles. The van der Waals surface area contributed by atoms with Gasteiger partial charge in [0.15, 0.2) is 6.61 Å². The molecule has 1 heterocycles. The Hall–Kier alpha value is -1.57. The fourth-order valence-electron chi connectivity index (χ4n) is 1.15. The summed E-state index contributed by atoms with van der Waals surface area (Å²) in [5.74, 6) is -0.691. The van der Waals surface area contributed by atoms with E-state index in [4.69, 9.17) is 0 Å². The molecule has 0 aliphatic carbocycles. The first kappa shape index (κ1) is 14.5. The van der Waals surface area contributed by atoms with Crippen molar-refractivity contribution in [3.05, 3.63) is 18.2 Å². The lowest BCUT2D eigenvalue weighted by atomic mass is 10.1.